The van der Waals surface area contributed by atoms with Crippen molar-refractivity contribution in [2.75, 3.05) is 13.1 Å². The van der Waals surface area contributed by atoms with E-state index < -0.39 is 4.92 Å². The minimum absolute atomic E-state index is 0.0202. The van der Waals surface area contributed by atoms with Gasteiger partial charge in [-0.05, 0) is 23.8 Å². The van der Waals surface area contributed by atoms with Gasteiger partial charge in [-0.15, -0.1) is 0 Å². The van der Waals surface area contributed by atoms with E-state index in [1.165, 1.54) is 41.3 Å². The van der Waals surface area contributed by atoms with Crippen LogP contribution in [-0.2, 0) is 4.79 Å². The van der Waals surface area contributed by atoms with Crippen molar-refractivity contribution in [3.05, 3.63) is 46.0 Å². The van der Waals surface area contributed by atoms with Crippen LogP contribution in [0.25, 0.3) is 6.08 Å². The smallest absolute Gasteiger partial charge is 0.269 e. The van der Waals surface area contributed by atoms with E-state index in [9.17, 15) is 14.9 Å². The van der Waals surface area contributed by atoms with Crippen molar-refractivity contribution in [1.29, 1.82) is 10.5 Å². The topological polar surface area (TPSA) is 111 Å². The fourth-order valence-corrected chi connectivity index (χ4v) is 1.68. The fraction of sp³-hybridized carbons (Fsp3) is 0.267. The summed E-state index contributed by atoms with van der Waals surface area (Å²) in [6.07, 6.45) is 3.26. The number of benzene rings is 1. The number of non-ortho nitro benzene ring substituents is 1. The van der Waals surface area contributed by atoms with Crippen molar-refractivity contribution in [1.82, 2.24) is 4.90 Å². The number of hydrogen-bond acceptors (Lipinski definition) is 5. The van der Waals surface area contributed by atoms with E-state index in [-0.39, 0.29) is 37.5 Å². The lowest BCUT2D eigenvalue weighted by Gasteiger charge is -2.18. The van der Waals surface area contributed by atoms with Gasteiger partial charge in [-0.25, -0.2) is 0 Å². The molecule has 0 fully saturated rings. The largest absolute Gasteiger partial charge is 0.337 e. The zero-order valence-electron chi connectivity index (χ0n) is 11.8. The predicted octanol–water partition coefficient (Wildman–Crippen LogP) is 2.26. The first kappa shape index (κ1) is 16.9. The Labute approximate surface area is 127 Å². The maximum Gasteiger partial charge on any atom is 0.269 e. The Morgan fingerprint density at radius 3 is 2.18 bits per heavy atom. The van der Waals surface area contributed by atoms with Crippen LogP contribution in [0.3, 0.4) is 0 Å². The van der Waals surface area contributed by atoms with Gasteiger partial charge in [-0.1, -0.05) is 0 Å². The highest BCUT2D eigenvalue weighted by molar-refractivity contribution is 5.91. The number of nitro groups is 1. The minimum atomic E-state index is -0.496. The monoisotopic (exact) mass is 298 g/mol. The molecule has 0 saturated heterocycles. The number of nitrogens with zero attached hydrogens (tertiary/aromatic N) is 4. The van der Waals surface area contributed by atoms with Gasteiger partial charge < -0.3 is 4.90 Å². The summed E-state index contributed by atoms with van der Waals surface area (Å²) < 4.78 is 0. The van der Waals surface area contributed by atoms with Crippen molar-refractivity contribution >= 4 is 17.7 Å². The average Bonchev–Trinajstić information content (AvgIpc) is 2.53. The van der Waals surface area contributed by atoms with E-state index in [1.54, 1.807) is 0 Å². The highest BCUT2D eigenvalue weighted by atomic mass is 16.6. The lowest BCUT2D eigenvalue weighted by molar-refractivity contribution is -0.384. The number of nitro benzene ring substituents is 1. The molecule has 7 nitrogen and oxygen atoms in total. The number of rotatable bonds is 7. The second-order valence-corrected chi connectivity index (χ2v) is 4.32. The predicted molar refractivity (Wildman–Crippen MR) is 79.2 cm³/mol. The molecule has 22 heavy (non-hydrogen) atoms. The normalized spacial score (nSPS) is 9.91. The lowest BCUT2D eigenvalue weighted by Crippen LogP contribution is -2.31. The molecular formula is C15H14N4O3. The molecule has 1 rings (SSSR count). The molecule has 0 unspecified atom stereocenters. The fourth-order valence-electron chi connectivity index (χ4n) is 1.68. The SMILES string of the molecule is N#CCCN(CCC#N)C(=O)C=Cc1ccc([N+](=O)[O-])cc1. The van der Waals surface area contributed by atoms with E-state index in [2.05, 4.69) is 0 Å². The van der Waals surface area contributed by atoms with E-state index in [4.69, 9.17) is 10.5 Å². The summed E-state index contributed by atoms with van der Waals surface area (Å²) in [4.78, 5) is 23.5. The Morgan fingerprint density at radius 2 is 1.73 bits per heavy atom. The number of nitriles is 2. The number of carbonyl (C=O) groups excluding carboxylic acids is 1. The van der Waals surface area contributed by atoms with Crippen LogP contribution in [0.15, 0.2) is 30.3 Å². The van der Waals surface area contributed by atoms with Gasteiger partial charge >= 0.3 is 0 Å². The first-order valence-electron chi connectivity index (χ1n) is 6.54. The average molecular weight is 298 g/mol. The molecule has 0 aliphatic carbocycles. The Hall–Kier alpha value is -3.19. The van der Waals surface area contributed by atoms with Crippen LogP contribution in [-0.4, -0.2) is 28.8 Å². The molecule has 1 aromatic carbocycles. The number of hydrogen-bond donors (Lipinski definition) is 0. The molecule has 0 atom stereocenters. The van der Waals surface area contributed by atoms with E-state index >= 15 is 0 Å². The van der Waals surface area contributed by atoms with Gasteiger partial charge in [-0.3, -0.25) is 14.9 Å². The van der Waals surface area contributed by atoms with Crippen LogP contribution in [0.2, 0.25) is 0 Å². The standard InChI is InChI=1S/C15H14N4O3/c16-9-1-11-18(12-2-10-17)15(20)8-5-13-3-6-14(7-4-13)19(21)22/h3-8H,1-2,11-12H2. The third-order valence-electron chi connectivity index (χ3n) is 2.82. The Bertz CT molecular complexity index is 620. The Morgan fingerprint density at radius 1 is 1.18 bits per heavy atom. The molecule has 0 heterocycles. The van der Waals surface area contributed by atoms with Gasteiger partial charge in [0, 0.05) is 31.3 Å². The second kappa shape index (κ2) is 8.88. The Balaban J connectivity index is 2.72. The summed E-state index contributed by atoms with van der Waals surface area (Å²) in [5.74, 6) is -0.302. The molecule has 0 N–H and O–H groups in total. The zero-order valence-corrected chi connectivity index (χ0v) is 11.8. The van der Waals surface area contributed by atoms with Crippen molar-refractivity contribution in [2.24, 2.45) is 0 Å². The van der Waals surface area contributed by atoms with Crippen molar-refractivity contribution in [3.63, 3.8) is 0 Å². The molecular weight excluding hydrogens is 284 g/mol. The summed E-state index contributed by atoms with van der Waals surface area (Å²) in [6, 6.07) is 9.70. The molecule has 1 aromatic rings. The third kappa shape index (κ3) is 5.43. The second-order valence-electron chi connectivity index (χ2n) is 4.32. The number of carbonyl (C=O) groups is 1. The molecule has 0 bridgehead atoms. The molecule has 112 valence electrons. The van der Waals surface area contributed by atoms with Gasteiger partial charge in [0.1, 0.15) is 0 Å². The first-order valence-corrected chi connectivity index (χ1v) is 6.54. The summed E-state index contributed by atoms with van der Waals surface area (Å²) in [5.41, 5.74) is 0.632. The highest BCUT2D eigenvalue weighted by Gasteiger charge is 2.09. The molecule has 0 radical (unpaired) electrons. The highest BCUT2D eigenvalue weighted by Crippen LogP contribution is 2.13. The molecule has 0 saturated carbocycles. The van der Waals surface area contributed by atoms with Crippen molar-refractivity contribution < 1.29 is 9.72 Å². The van der Waals surface area contributed by atoms with Gasteiger partial charge in [0.15, 0.2) is 0 Å². The van der Waals surface area contributed by atoms with Gasteiger partial charge in [0.25, 0.3) is 5.69 Å². The van der Waals surface area contributed by atoms with Crippen LogP contribution in [0.4, 0.5) is 5.69 Å². The molecule has 0 spiro atoms. The summed E-state index contributed by atoms with van der Waals surface area (Å²) in [5, 5.41) is 27.7. The van der Waals surface area contributed by atoms with Gasteiger partial charge in [-0.2, -0.15) is 10.5 Å². The van der Waals surface area contributed by atoms with Crippen LogP contribution < -0.4 is 0 Å². The summed E-state index contributed by atoms with van der Waals surface area (Å²) in [6.45, 7) is 0.531. The van der Waals surface area contributed by atoms with E-state index in [0.717, 1.165) is 0 Å². The zero-order chi connectivity index (χ0) is 16.4. The van der Waals surface area contributed by atoms with E-state index in [0.29, 0.717) is 5.56 Å². The van der Waals surface area contributed by atoms with Crippen LogP contribution in [0, 0.1) is 32.8 Å². The molecule has 7 heteroatoms. The van der Waals surface area contributed by atoms with E-state index in [1.807, 2.05) is 12.1 Å². The van der Waals surface area contributed by atoms with Crippen LogP contribution in [0.1, 0.15) is 18.4 Å². The maximum atomic E-state index is 12.0. The third-order valence-corrected chi connectivity index (χ3v) is 2.82. The Kier molecular flexibility index (Phi) is 6.80. The molecule has 0 aromatic heterocycles. The number of amides is 1. The minimum Gasteiger partial charge on any atom is -0.337 e. The van der Waals surface area contributed by atoms with Crippen molar-refractivity contribution in [2.45, 2.75) is 12.8 Å². The van der Waals surface area contributed by atoms with Gasteiger partial charge in [0.2, 0.25) is 5.91 Å². The molecule has 1 amide bonds. The summed E-state index contributed by atoms with van der Waals surface area (Å²) in [7, 11) is 0. The van der Waals surface area contributed by atoms with Gasteiger partial charge in [0.05, 0.1) is 29.9 Å². The summed E-state index contributed by atoms with van der Waals surface area (Å²) >= 11 is 0. The molecule has 0 aliphatic rings. The van der Waals surface area contributed by atoms with Crippen molar-refractivity contribution in [3.8, 4) is 12.1 Å². The van der Waals surface area contributed by atoms with Crippen LogP contribution in [0.5, 0.6) is 0 Å². The lowest BCUT2D eigenvalue weighted by atomic mass is 10.2. The quantitative estimate of drug-likeness (QED) is 0.435. The van der Waals surface area contributed by atoms with Crippen LogP contribution >= 0.6 is 0 Å². The first-order chi connectivity index (χ1) is 10.6. The molecule has 0 aliphatic heterocycles. The maximum absolute atomic E-state index is 12.0.